The Morgan fingerprint density at radius 3 is 3.07 bits per heavy atom. The second-order valence-electron chi connectivity index (χ2n) is 4.46. The van der Waals surface area contributed by atoms with Crippen molar-refractivity contribution < 1.29 is 9.15 Å². The predicted octanol–water partition coefficient (Wildman–Crippen LogP) is 2.36. The molecule has 1 aliphatic heterocycles. The van der Waals surface area contributed by atoms with E-state index in [4.69, 9.17) is 9.15 Å². The maximum Gasteiger partial charge on any atom is 0.0960 e. The van der Waals surface area contributed by atoms with Crippen LogP contribution in [0.15, 0.2) is 23.0 Å². The molecule has 2 atom stereocenters. The molecule has 2 rings (SSSR count). The Hall–Kier alpha value is -0.800. The molecule has 1 aromatic rings. The molecule has 0 spiro atoms. The molecule has 3 heteroatoms. The zero-order valence-electron chi connectivity index (χ0n) is 9.40. The van der Waals surface area contributed by atoms with Crippen molar-refractivity contribution in [2.75, 3.05) is 13.2 Å². The van der Waals surface area contributed by atoms with Gasteiger partial charge in [0.25, 0.3) is 0 Å². The van der Waals surface area contributed by atoms with Crippen molar-refractivity contribution in [3.8, 4) is 0 Å². The van der Waals surface area contributed by atoms with Crippen molar-refractivity contribution >= 4 is 0 Å². The zero-order chi connectivity index (χ0) is 10.7. The average Bonchev–Trinajstić information content (AvgIpc) is 2.85. The van der Waals surface area contributed by atoms with Crippen molar-refractivity contribution in [3.05, 3.63) is 24.2 Å². The van der Waals surface area contributed by atoms with Crippen LogP contribution in [0.25, 0.3) is 0 Å². The van der Waals surface area contributed by atoms with E-state index in [-0.39, 0.29) is 6.10 Å². The largest absolute Gasteiger partial charge is 0.472 e. The number of hydrogen-bond donors (Lipinski definition) is 1. The standard InChI is InChI=1S/C12H19NO2/c1-9(2)13-7-10-4-6-15-12(10)11-3-5-14-8-11/h3,5,8-10,12-13H,4,6-7H2,1-2H3. The van der Waals surface area contributed by atoms with Crippen molar-refractivity contribution in [1.82, 2.24) is 5.32 Å². The summed E-state index contributed by atoms with van der Waals surface area (Å²) in [6, 6.07) is 2.54. The fraction of sp³-hybridized carbons (Fsp3) is 0.667. The number of nitrogens with one attached hydrogen (secondary N) is 1. The maximum absolute atomic E-state index is 5.74. The second kappa shape index (κ2) is 4.81. The Morgan fingerprint density at radius 1 is 1.53 bits per heavy atom. The minimum absolute atomic E-state index is 0.218. The summed E-state index contributed by atoms with van der Waals surface area (Å²) in [7, 11) is 0. The Labute approximate surface area is 90.8 Å². The lowest BCUT2D eigenvalue weighted by molar-refractivity contribution is 0.0895. The van der Waals surface area contributed by atoms with E-state index in [2.05, 4.69) is 19.2 Å². The zero-order valence-corrected chi connectivity index (χ0v) is 9.40. The molecular weight excluding hydrogens is 190 g/mol. The molecule has 0 aliphatic carbocycles. The molecule has 1 saturated heterocycles. The van der Waals surface area contributed by atoms with Crippen LogP contribution in [0.1, 0.15) is 31.9 Å². The van der Waals surface area contributed by atoms with Crippen LogP contribution in [0, 0.1) is 5.92 Å². The highest BCUT2D eigenvalue weighted by atomic mass is 16.5. The van der Waals surface area contributed by atoms with Crippen LogP contribution in [0.5, 0.6) is 0 Å². The van der Waals surface area contributed by atoms with Gasteiger partial charge in [-0.2, -0.15) is 0 Å². The highest BCUT2D eigenvalue weighted by Crippen LogP contribution is 2.34. The molecule has 0 amide bonds. The fourth-order valence-electron chi connectivity index (χ4n) is 2.04. The Kier molecular flexibility index (Phi) is 3.44. The number of furan rings is 1. The topological polar surface area (TPSA) is 34.4 Å². The molecule has 0 aromatic carbocycles. The van der Waals surface area contributed by atoms with E-state index in [0.717, 1.165) is 19.6 Å². The molecular formula is C12H19NO2. The number of rotatable bonds is 4. The van der Waals surface area contributed by atoms with Crippen LogP contribution < -0.4 is 5.32 Å². The number of ether oxygens (including phenoxy) is 1. The molecule has 0 bridgehead atoms. The summed E-state index contributed by atoms with van der Waals surface area (Å²) in [5.74, 6) is 0.574. The maximum atomic E-state index is 5.74. The fourth-order valence-corrected chi connectivity index (χ4v) is 2.04. The SMILES string of the molecule is CC(C)NCC1CCOC1c1ccoc1. The van der Waals surface area contributed by atoms with Gasteiger partial charge in [-0.25, -0.2) is 0 Å². The van der Waals surface area contributed by atoms with E-state index in [1.807, 2.05) is 6.07 Å². The molecule has 1 aliphatic rings. The lowest BCUT2D eigenvalue weighted by Gasteiger charge is -2.19. The molecule has 1 N–H and O–H groups in total. The molecule has 1 fully saturated rings. The summed E-state index contributed by atoms with van der Waals surface area (Å²) < 4.78 is 10.8. The third-order valence-electron chi connectivity index (χ3n) is 2.87. The van der Waals surface area contributed by atoms with Gasteiger partial charge in [-0.05, 0) is 12.5 Å². The van der Waals surface area contributed by atoms with Gasteiger partial charge in [-0.15, -0.1) is 0 Å². The lowest BCUT2D eigenvalue weighted by Crippen LogP contribution is -2.30. The molecule has 0 saturated carbocycles. The van der Waals surface area contributed by atoms with Crippen molar-refractivity contribution in [2.45, 2.75) is 32.4 Å². The van der Waals surface area contributed by atoms with Gasteiger partial charge >= 0.3 is 0 Å². The summed E-state index contributed by atoms with van der Waals surface area (Å²) in [6.07, 6.45) is 4.85. The van der Waals surface area contributed by atoms with E-state index in [1.54, 1.807) is 12.5 Å². The molecule has 15 heavy (non-hydrogen) atoms. The van der Waals surface area contributed by atoms with Gasteiger partial charge < -0.3 is 14.5 Å². The third kappa shape index (κ3) is 2.61. The highest BCUT2D eigenvalue weighted by molar-refractivity contribution is 5.12. The first-order valence-electron chi connectivity index (χ1n) is 5.64. The van der Waals surface area contributed by atoms with Gasteiger partial charge in [0.05, 0.1) is 18.6 Å². The summed E-state index contributed by atoms with van der Waals surface area (Å²) >= 11 is 0. The summed E-state index contributed by atoms with van der Waals surface area (Å²) in [5, 5.41) is 3.47. The first kappa shape index (κ1) is 10.7. The molecule has 2 unspecified atom stereocenters. The summed E-state index contributed by atoms with van der Waals surface area (Å²) in [4.78, 5) is 0. The minimum atomic E-state index is 0.218. The third-order valence-corrected chi connectivity index (χ3v) is 2.87. The smallest absolute Gasteiger partial charge is 0.0960 e. The van der Waals surface area contributed by atoms with Gasteiger partial charge in [0, 0.05) is 30.7 Å². The number of hydrogen-bond acceptors (Lipinski definition) is 3. The van der Waals surface area contributed by atoms with Crippen LogP contribution in [0.4, 0.5) is 0 Å². The van der Waals surface area contributed by atoms with Crippen molar-refractivity contribution in [1.29, 1.82) is 0 Å². The summed E-state index contributed by atoms with van der Waals surface area (Å²) in [6.45, 7) is 6.22. The van der Waals surface area contributed by atoms with Gasteiger partial charge in [-0.3, -0.25) is 0 Å². The molecule has 0 radical (unpaired) electrons. The van der Waals surface area contributed by atoms with E-state index >= 15 is 0 Å². The Bertz CT molecular complexity index is 282. The quantitative estimate of drug-likeness (QED) is 0.826. The highest BCUT2D eigenvalue weighted by Gasteiger charge is 2.29. The first-order chi connectivity index (χ1) is 7.27. The first-order valence-corrected chi connectivity index (χ1v) is 5.64. The van der Waals surface area contributed by atoms with Crippen LogP contribution in [-0.4, -0.2) is 19.2 Å². The second-order valence-corrected chi connectivity index (χ2v) is 4.46. The Balaban J connectivity index is 1.93. The minimum Gasteiger partial charge on any atom is -0.472 e. The lowest BCUT2D eigenvalue weighted by atomic mass is 9.97. The molecule has 1 aromatic heterocycles. The van der Waals surface area contributed by atoms with E-state index in [0.29, 0.717) is 12.0 Å². The van der Waals surface area contributed by atoms with E-state index in [1.165, 1.54) is 5.56 Å². The van der Waals surface area contributed by atoms with Gasteiger partial charge in [-0.1, -0.05) is 13.8 Å². The van der Waals surface area contributed by atoms with Crippen molar-refractivity contribution in [2.24, 2.45) is 5.92 Å². The van der Waals surface area contributed by atoms with Crippen LogP contribution in [-0.2, 0) is 4.74 Å². The van der Waals surface area contributed by atoms with E-state index < -0.39 is 0 Å². The van der Waals surface area contributed by atoms with E-state index in [9.17, 15) is 0 Å². The average molecular weight is 209 g/mol. The van der Waals surface area contributed by atoms with Crippen molar-refractivity contribution in [3.63, 3.8) is 0 Å². The predicted molar refractivity (Wildman–Crippen MR) is 58.6 cm³/mol. The molecule has 3 nitrogen and oxygen atoms in total. The Morgan fingerprint density at radius 2 is 2.40 bits per heavy atom. The molecule has 2 heterocycles. The van der Waals surface area contributed by atoms with Gasteiger partial charge in [0.15, 0.2) is 0 Å². The van der Waals surface area contributed by atoms with Gasteiger partial charge in [0.2, 0.25) is 0 Å². The van der Waals surface area contributed by atoms with Crippen LogP contribution in [0.3, 0.4) is 0 Å². The van der Waals surface area contributed by atoms with Crippen LogP contribution >= 0.6 is 0 Å². The normalized spacial score (nSPS) is 26.3. The monoisotopic (exact) mass is 209 g/mol. The van der Waals surface area contributed by atoms with Gasteiger partial charge in [0.1, 0.15) is 0 Å². The van der Waals surface area contributed by atoms with Crippen LogP contribution in [0.2, 0.25) is 0 Å². The summed E-state index contributed by atoms with van der Waals surface area (Å²) in [5.41, 5.74) is 1.17. The molecule has 84 valence electrons.